The molecular formula is C21H33N5O9. The zero-order valence-electron chi connectivity index (χ0n) is 20.7. The summed E-state index contributed by atoms with van der Waals surface area (Å²) in [6.45, 7) is 9.19. The Morgan fingerprint density at radius 3 is 2.26 bits per heavy atom. The van der Waals surface area contributed by atoms with Gasteiger partial charge in [-0.15, -0.1) is 0 Å². The highest BCUT2D eigenvalue weighted by atomic mass is 16.6. The number of rotatable bonds is 2. The minimum atomic E-state index is -1.43. The number of carbonyl (C=O) groups is 2. The van der Waals surface area contributed by atoms with Gasteiger partial charge in [0.15, 0.2) is 12.0 Å². The lowest BCUT2D eigenvalue weighted by atomic mass is 9.94. The first-order valence-electron chi connectivity index (χ1n) is 11.1. The molecule has 0 bridgehead atoms. The predicted molar refractivity (Wildman–Crippen MR) is 124 cm³/mol. The Kier molecular flexibility index (Phi) is 7.05. The third-order valence-electron chi connectivity index (χ3n) is 5.18. The number of aliphatic hydroxyl groups is 3. The van der Waals surface area contributed by atoms with Gasteiger partial charge in [-0.25, -0.2) is 9.59 Å². The van der Waals surface area contributed by atoms with Gasteiger partial charge in [-0.1, -0.05) is 0 Å². The number of aliphatic hydroxyl groups excluding tert-OH is 3. The van der Waals surface area contributed by atoms with Crippen LogP contribution in [0, 0.1) is 0 Å². The van der Waals surface area contributed by atoms with E-state index in [1.165, 1.54) is 11.9 Å². The molecule has 196 valence electrons. The molecule has 2 aliphatic heterocycles. The molecule has 1 aromatic rings. The number of fused-ring (bicyclic) bond motifs is 2. The van der Waals surface area contributed by atoms with E-state index in [9.17, 15) is 29.7 Å². The van der Waals surface area contributed by atoms with Crippen molar-refractivity contribution in [3.8, 4) is 0 Å². The number of likely N-dealkylation sites (N-methyl/N-ethyl adjacent to an activating group) is 1. The third kappa shape index (κ3) is 5.50. The van der Waals surface area contributed by atoms with Gasteiger partial charge in [0.2, 0.25) is 5.95 Å². The first kappa shape index (κ1) is 26.7. The molecule has 35 heavy (non-hydrogen) atoms. The molecule has 5 unspecified atom stereocenters. The zero-order chi connectivity index (χ0) is 26.5. The zero-order valence-corrected chi connectivity index (χ0v) is 20.7. The van der Waals surface area contributed by atoms with Crippen LogP contribution >= 0.6 is 0 Å². The topological polar surface area (TPSA) is 185 Å². The Labute approximate surface area is 201 Å². The molecule has 0 aliphatic carbocycles. The Morgan fingerprint density at radius 1 is 1.11 bits per heavy atom. The monoisotopic (exact) mass is 499 g/mol. The third-order valence-corrected chi connectivity index (χ3v) is 5.18. The Morgan fingerprint density at radius 2 is 1.71 bits per heavy atom. The predicted octanol–water partition coefficient (Wildman–Crippen LogP) is 0.0428. The van der Waals surface area contributed by atoms with Gasteiger partial charge in [0.1, 0.15) is 41.2 Å². The number of nitrogens with one attached hydrogen (secondary N) is 2. The maximum atomic E-state index is 13.5. The number of hydrogen-bond donors (Lipinski definition) is 5. The molecule has 0 aromatic carbocycles. The van der Waals surface area contributed by atoms with E-state index >= 15 is 0 Å². The van der Waals surface area contributed by atoms with Crippen molar-refractivity contribution in [1.29, 1.82) is 0 Å². The van der Waals surface area contributed by atoms with E-state index in [1.807, 2.05) is 0 Å². The van der Waals surface area contributed by atoms with E-state index in [4.69, 9.17) is 14.2 Å². The van der Waals surface area contributed by atoms with Crippen molar-refractivity contribution in [3.05, 3.63) is 10.4 Å². The van der Waals surface area contributed by atoms with Crippen LogP contribution in [0.25, 0.3) is 0 Å². The normalized spacial score (nSPS) is 26.2. The van der Waals surface area contributed by atoms with Gasteiger partial charge in [0.05, 0.1) is 6.61 Å². The second-order valence-electron chi connectivity index (χ2n) is 10.4. The molecule has 0 spiro atoms. The van der Waals surface area contributed by atoms with Crippen LogP contribution in [0.3, 0.4) is 0 Å². The number of carbonyl (C=O) groups excluding carboxylic acids is 2. The smallest absolute Gasteiger partial charge is 0.424 e. The molecule has 0 radical (unpaired) electrons. The van der Waals surface area contributed by atoms with E-state index in [2.05, 4.69) is 15.6 Å². The highest BCUT2D eigenvalue weighted by Crippen LogP contribution is 2.35. The van der Waals surface area contributed by atoms with Crippen LogP contribution in [0.5, 0.6) is 0 Å². The van der Waals surface area contributed by atoms with Crippen molar-refractivity contribution in [3.63, 3.8) is 0 Å². The summed E-state index contributed by atoms with van der Waals surface area (Å²) in [5.41, 5.74) is -2.95. The molecule has 14 heteroatoms. The van der Waals surface area contributed by atoms with Crippen molar-refractivity contribution < 1.29 is 39.1 Å². The molecule has 2 aliphatic rings. The van der Waals surface area contributed by atoms with E-state index in [1.54, 1.807) is 41.5 Å². The van der Waals surface area contributed by atoms with Gasteiger partial charge in [-0.05, 0) is 41.5 Å². The molecule has 1 amide bonds. The highest BCUT2D eigenvalue weighted by molar-refractivity contribution is 5.87. The summed E-state index contributed by atoms with van der Waals surface area (Å²) < 4.78 is 16.8. The van der Waals surface area contributed by atoms with E-state index in [-0.39, 0.29) is 11.5 Å². The largest absolute Gasteiger partial charge is 0.444 e. The van der Waals surface area contributed by atoms with Crippen molar-refractivity contribution >= 4 is 29.6 Å². The maximum Gasteiger partial charge on any atom is 0.424 e. The molecule has 3 heterocycles. The lowest BCUT2D eigenvalue weighted by Crippen LogP contribution is -2.67. The lowest BCUT2D eigenvalue weighted by molar-refractivity contribution is -0.185. The molecule has 1 fully saturated rings. The molecule has 1 saturated heterocycles. The fourth-order valence-electron chi connectivity index (χ4n) is 3.72. The minimum absolute atomic E-state index is 0.0117. The summed E-state index contributed by atoms with van der Waals surface area (Å²) in [5, 5.41) is 35.5. The van der Waals surface area contributed by atoms with Gasteiger partial charge in [0.25, 0.3) is 5.56 Å². The molecule has 3 rings (SSSR count). The van der Waals surface area contributed by atoms with Gasteiger partial charge in [-0.3, -0.25) is 10.1 Å². The van der Waals surface area contributed by atoms with E-state index in [0.29, 0.717) is 4.57 Å². The summed E-state index contributed by atoms with van der Waals surface area (Å²) in [7, 11) is 1.51. The number of amides is 1. The summed E-state index contributed by atoms with van der Waals surface area (Å²) in [6.07, 6.45) is -6.95. The van der Waals surface area contributed by atoms with Crippen LogP contribution in [0.4, 0.5) is 27.0 Å². The Balaban J connectivity index is 2.11. The van der Waals surface area contributed by atoms with Crippen LogP contribution in [0.1, 0.15) is 41.5 Å². The molecule has 14 nitrogen and oxygen atoms in total. The SMILES string of the molecule is CN1c2nc(NC(=O)OC(C)(C)C)n(C(=O)OC(C)(C)C)c(=O)c2NC2C(O)C(O)C(CO)OC21. The van der Waals surface area contributed by atoms with Gasteiger partial charge in [0, 0.05) is 7.05 Å². The number of aromatic nitrogens is 2. The second kappa shape index (κ2) is 9.26. The average Bonchev–Trinajstić information content (AvgIpc) is 2.69. The van der Waals surface area contributed by atoms with Crippen LogP contribution in [0.2, 0.25) is 0 Å². The fraction of sp³-hybridized carbons (Fsp3) is 0.714. The van der Waals surface area contributed by atoms with Crippen molar-refractivity contribution in [2.24, 2.45) is 0 Å². The van der Waals surface area contributed by atoms with Crippen LogP contribution < -0.4 is 21.1 Å². The van der Waals surface area contributed by atoms with Crippen molar-refractivity contribution in [2.45, 2.75) is 83.3 Å². The first-order chi connectivity index (χ1) is 16.0. The molecule has 5 atom stereocenters. The average molecular weight is 500 g/mol. The first-order valence-corrected chi connectivity index (χ1v) is 11.1. The molecule has 1 aromatic heterocycles. The summed E-state index contributed by atoms with van der Waals surface area (Å²) in [6, 6.07) is -1.00. The van der Waals surface area contributed by atoms with Crippen molar-refractivity contribution in [1.82, 2.24) is 9.55 Å². The standard InChI is InChI=1S/C21H33N5O9/c1-20(2,3)34-18(31)24-17-23-14-11(15(30)26(17)19(32)35-21(4,5)6)22-10-13(29)12(28)9(8-27)33-16(10)25(14)7/h9-10,12-13,16,22,27-29H,8H2,1-7H3,(H,23,24,31). The number of ether oxygens (including phenoxy) is 3. The van der Waals surface area contributed by atoms with Crippen LogP contribution in [0.15, 0.2) is 4.79 Å². The second-order valence-corrected chi connectivity index (χ2v) is 10.4. The van der Waals surface area contributed by atoms with E-state index in [0.717, 1.165) is 0 Å². The molecule has 0 saturated carbocycles. The minimum Gasteiger partial charge on any atom is -0.444 e. The molecular weight excluding hydrogens is 466 g/mol. The van der Waals surface area contributed by atoms with Crippen LogP contribution in [-0.4, -0.2) is 92.5 Å². The highest BCUT2D eigenvalue weighted by Gasteiger charge is 2.49. The maximum absolute atomic E-state index is 13.5. The number of nitrogens with zero attached hydrogens (tertiary/aromatic N) is 3. The van der Waals surface area contributed by atoms with E-state index < -0.39 is 72.1 Å². The lowest BCUT2D eigenvalue weighted by Gasteiger charge is -2.49. The Hall–Kier alpha value is -2.94. The summed E-state index contributed by atoms with van der Waals surface area (Å²) >= 11 is 0. The number of hydrogen-bond acceptors (Lipinski definition) is 12. The van der Waals surface area contributed by atoms with Crippen LogP contribution in [-0.2, 0) is 14.2 Å². The summed E-state index contributed by atoms with van der Waals surface area (Å²) in [4.78, 5) is 44.6. The van der Waals surface area contributed by atoms with Crippen molar-refractivity contribution in [2.75, 3.05) is 29.2 Å². The number of anilines is 3. The Bertz CT molecular complexity index is 1050. The fourth-order valence-corrected chi connectivity index (χ4v) is 3.72. The van der Waals surface area contributed by atoms with Gasteiger partial charge >= 0.3 is 12.2 Å². The van der Waals surface area contributed by atoms with Gasteiger partial charge < -0.3 is 39.7 Å². The summed E-state index contributed by atoms with van der Waals surface area (Å²) in [5.74, 6) is -0.471. The molecule has 5 N–H and O–H groups in total. The van der Waals surface area contributed by atoms with Gasteiger partial charge in [-0.2, -0.15) is 9.55 Å². The quantitative estimate of drug-likeness (QED) is 0.369.